The first kappa shape index (κ1) is 14.3. The Balaban J connectivity index is 1.97. The summed E-state index contributed by atoms with van der Waals surface area (Å²) in [4.78, 5) is 0. The molecule has 0 amide bonds. The van der Waals surface area contributed by atoms with Crippen LogP contribution in [0, 0.1) is 23.7 Å². The fourth-order valence-electron chi connectivity index (χ4n) is 3.73. The van der Waals surface area contributed by atoms with Crippen molar-refractivity contribution in [1.29, 1.82) is 0 Å². The van der Waals surface area contributed by atoms with Crippen LogP contribution in [0.3, 0.4) is 0 Å². The minimum Gasteiger partial charge on any atom is -0.377 e. The molecule has 2 nitrogen and oxygen atoms in total. The van der Waals surface area contributed by atoms with Crippen molar-refractivity contribution in [3.8, 4) is 0 Å². The van der Waals surface area contributed by atoms with Gasteiger partial charge in [-0.05, 0) is 63.3 Å². The molecule has 2 fully saturated rings. The summed E-state index contributed by atoms with van der Waals surface area (Å²) in [5, 5.41) is 3.59. The normalized spacial score (nSPS) is 36.3. The zero-order valence-corrected chi connectivity index (χ0v) is 12.6. The number of likely N-dealkylation sites (N-methyl/N-ethyl adjacent to an activating group) is 1. The molecule has 5 unspecified atom stereocenters. The molecule has 1 N–H and O–H groups in total. The highest BCUT2D eigenvalue weighted by Crippen LogP contribution is 2.41. The summed E-state index contributed by atoms with van der Waals surface area (Å²) in [6, 6.07) is 0.576. The Labute approximate surface area is 113 Å². The Morgan fingerprint density at radius 3 is 2.22 bits per heavy atom. The van der Waals surface area contributed by atoms with E-state index in [9.17, 15) is 0 Å². The summed E-state index contributed by atoms with van der Waals surface area (Å²) in [6.45, 7) is 7.83. The SMILES string of the molecule is CCOC(C1CC1)C(NC)C1CCC(C)C(C)C1. The quantitative estimate of drug-likeness (QED) is 0.782. The van der Waals surface area contributed by atoms with Crippen molar-refractivity contribution in [3.05, 3.63) is 0 Å². The lowest BCUT2D eigenvalue weighted by molar-refractivity contribution is -0.00669. The lowest BCUT2D eigenvalue weighted by atomic mass is 9.72. The summed E-state index contributed by atoms with van der Waals surface area (Å²) in [5.41, 5.74) is 0. The Kier molecular flexibility index (Phi) is 5.08. The van der Waals surface area contributed by atoms with Crippen LogP contribution >= 0.6 is 0 Å². The van der Waals surface area contributed by atoms with Crippen molar-refractivity contribution < 1.29 is 4.74 Å². The molecule has 106 valence electrons. The molecule has 2 rings (SSSR count). The first-order valence-corrected chi connectivity index (χ1v) is 7.96. The van der Waals surface area contributed by atoms with Crippen LogP contribution in [-0.2, 0) is 4.74 Å². The molecule has 2 saturated carbocycles. The molecular weight excluding hydrogens is 222 g/mol. The first-order chi connectivity index (χ1) is 8.67. The Bertz CT molecular complexity index is 251. The largest absolute Gasteiger partial charge is 0.377 e. The van der Waals surface area contributed by atoms with Gasteiger partial charge in [0.15, 0.2) is 0 Å². The van der Waals surface area contributed by atoms with E-state index in [1.54, 1.807) is 0 Å². The van der Waals surface area contributed by atoms with Gasteiger partial charge in [-0.25, -0.2) is 0 Å². The van der Waals surface area contributed by atoms with Crippen LogP contribution in [0.5, 0.6) is 0 Å². The molecule has 0 heterocycles. The minimum atomic E-state index is 0.464. The van der Waals surface area contributed by atoms with Crippen LogP contribution in [0.4, 0.5) is 0 Å². The average molecular weight is 253 g/mol. The van der Waals surface area contributed by atoms with Gasteiger partial charge < -0.3 is 10.1 Å². The molecule has 0 aromatic carbocycles. The maximum atomic E-state index is 6.07. The van der Waals surface area contributed by atoms with Gasteiger partial charge in [-0.3, -0.25) is 0 Å². The molecule has 0 saturated heterocycles. The molecule has 0 aromatic rings. The minimum absolute atomic E-state index is 0.464. The van der Waals surface area contributed by atoms with Crippen molar-refractivity contribution in [2.45, 2.75) is 65.0 Å². The highest BCUT2D eigenvalue weighted by atomic mass is 16.5. The van der Waals surface area contributed by atoms with Crippen LogP contribution in [0.2, 0.25) is 0 Å². The third-order valence-electron chi connectivity index (χ3n) is 5.28. The second kappa shape index (κ2) is 6.38. The van der Waals surface area contributed by atoms with E-state index in [0.717, 1.165) is 30.3 Å². The highest BCUT2D eigenvalue weighted by Gasteiger charge is 2.41. The van der Waals surface area contributed by atoms with Gasteiger partial charge in [-0.2, -0.15) is 0 Å². The molecule has 2 aliphatic rings. The molecule has 0 aromatic heterocycles. The maximum absolute atomic E-state index is 6.07. The van der Waals surface area contributed by atoms with Gasteiger partial charge >= 0.3 is 0 Å². The summed E-state index contributed by atoms with van der Waals surface area (Å²) in [6.07, 6.45) is 7.37. The van der Waals surface area contributed by atoms with Crippen molar-refractivity contribution in [2.75, 3.05) is 13.7 Å². The highest BCUT2D eigenvalue weighted by molar-refractivity contribution is 4.95. The van der Waals surface area contributed by atoms with Crippen molar-refractivity contribution >= 4 is 0 Å². The van der Waals surface area contributed by atoms with E-state index < -0.39 is 0 Å². The molecule has 2 heteroatoms. The van der Waals surface area contributed by atoms with Crippen molar-refractivity contribution in [3.63, 3.8) is 0 Å². The predicted octanol–water partition coefficient (Wildman–Crippen LogP) is 3.46. The lowest BCUT2D eigenvalue weighted by Gasteiger charge is -2.40. The van der Waals surface area contributed by atoms with Gasteiger partial charge in [0.25, 0.3) is 0 Å². The number of ether oxygens (including phenoxy) is 1. The molecular formula is C16H31NO. The summed E-state index contributed by atoms with van der Waals surface area (Å²) < 4.78 is 6.07. The lowest BCUT2D eigenvalue weighted by Crippen LogP contribution is -2.48. The topological polar surface area (TPSA) is 21.3 Å². The van der Waals surface area contributed by atoms with E-state index in [-0.39, 0.29) is 0 Å². The number of nitrogens with one attached hydrogen (secondary N) is 1. The first-order valence-electron chi connectivity index (χ1n) is 7.96. The van der Waals surface area contributed by atoms with Crippen molar-refractivity contribution in [2.24, 2.45) is 23.7 Å². The average Bonchev–Trinajstić information content (AvgIpc) is 3.17. The van der Waals surface area contributed by atoms with Crippen LogP contribution in [0.15, 0.2) is 0 Å². The summed E-state index contributed by atoms with van der Waals surface area (Å²) >= 11 is 0. The second-order valence-corrected chi connectivity index (χ2v) is 6.60. The maximum Gasteiger partial charge on any atom is 0.0758 e. The third-order valence-corrected chi connectivity index (χ3v) is 5.28. The molecule has 2 aliphatic carbocycles. The number of hydrogen-bond acceptors (Lipinski definition) is 2. The van der Waals surface area contributed by atoms with Gasteiger partial charge in [-0.15, -0.1) is 0 Å². The zero-order chi connectivity index (χ0) is 13.1. The van der Waals surface area contributed by atoms with Crippen molar-refractivity contribution in [1.82, 2.24) is 5.32 Å². The summed E-state index contributed by atoms with van der Waals surface area (Å²) in [5.74, 6) is 3.43. The number of rotatable bonds is 6. The van der Waals surface area contributed by atoms with Crippen LogP contribution in [-0.4, -0.2) is 25.8 Å². The summed E-state index contributed by atoms with van der Waals surface area (Å²) in [7, 11) is 2.13. The standard InChI is InChI=1S/C16H31NO/c1-5-18-16(13-8-9-13)15(17-4)14-7-6-11(2)12(3)10-14/h11-17H,5-10H2,1-4H3. The van der Waals surface area contributed by atoms with E-state index in [0.29, 0.717) is 12.1 Å². The molecule has 18 heavy (non-hydrogen) atoms. The number of hydrogen-bond donors (Lipinski definition) is 1. The van der Waals surface area contributed by atoms with E-state index in [2.05, 4.69) is 33.1 Å². The van der Waals surface area contributed by atoms with Gasteiger partial charge in [-0.1, -0.05) is 20.3 Å². The van der Waals surface area contributed by atoms with Crippen LogP contribution < -0.4 is 5.32 Å². The van der Waals surface area contributed by atoms with Gasteiger partial charge in [0.2, 0.25) is 0 Å². The molecule has 0 spiro atoms. The zero-order valence-electron chi connectivity index (χ0n) is 12.6. The fraction of sp³-hybridized carbons (Fsp3) is 1.00. The molecule has 0 bridgehead atoms. The van der Waals surface area contributed by atoms with Gasteiger partial charge in [0.1, 0.15) is 0 Å². The molecule has 5 atom stereocenters. The monoisotopic (exact) mass is 253 g/mol. The Morgan fingerprint density at radius 1 is 1.06 bits per heavy atom. The predicted molar refractivity (Wildman–Crippen MR) is 76.7 cm³/mol. The van der Waals surface area contributed by atoms with E-state index in [1.807, 2.05) is 0 Å². The molecule has 0 aliphatic heterocycles. The third kappa shape index (κ3) is 3.27. The molecule has 0 radical (unpaired) electrons. The van der Waals surface area contributed by atoms with E-state index >= 15 is 0 Å². The van der Waals surface area contributed by atoms with Crippen LogP contribution in [0.25, 0.3) is 0 Å². The van der Waals surface area contributed by atoms with Gasteiger partial charge in [0, 0.05) is 12.6 Å². The van der Waals surface area contributed by atoms with E-state index in [1.165, 1.54) is 32.1 Å². The Morgan fingerprint density at radius 2 is 1.72 bits per heavy atom. The smallest absolute Gasteiger partial charge is 0.0758 e. The second-order valence-electron chi connectivity index (χ2n) is 6.60. The Hall–Kier alpha value is -0.0800. The van der Waals surface area contributed by atoms with Gasteiger partial charge in [0.05, 0.1) is 6.10 Å². The van der Waals surface area contributed by atoms with Crippen LogP contribution in [0.1, 0.15) is 52.9 Å². The fourth-order valence-corrected chi connectivity index (χ4v) is 3.73. The van der Waals surface area contributed by atoms with E-state index in [4.69, 9.17) is 4.74 Å².